The lowest BCUT2D eigenvalue weighted by atomic mass is 9.68. The first-order chi connectivity index (χ1) is 13.2. The van der Waals surface area contributed by atoms with Crippen LogP contribution < -0.4 is 0 Å². The van der Waals surface area contributed by atoms with E-state index < -0.39 is 0 Å². The summed E-state index contributed by atoms with van der Waals surface area (Å²) in [6.45, 7) is 4.47. The third-order valence-corrected chi connectivity index (χ3v) is 7.76. The molecule has 0 amide bonds. The zero-order chi connectivity index (χ0) is 18.8. The summed E-state index contributed by atoms with van der Waals surface area (Å²) in [6, 6.07) is 3.95. The Morgan fingerprint density at radius 3 is 2.19 bits per heavy atom. The first kappa shape index (κ1) is 19.5. The quantitative estimate of drug-likeness (QED) is 0.360. The maximum Gasteiger partial charge on any atom is 0.147 e. The van der Waals surface area contributed by atoms with Crippen molar-refractivity contribution < 1.29 is 9.13 Å². The Morgan fingerprint density at radius 1 is 1.00 bits per heavy atom. The third kappa shape index (κ3) is 4.43. The number of epoxide rings is 1. The molecular formula is C24H32ClFO. The van der Waals surface area contributed by atoms with Crippen molar-refractivity contribution in [2.24, 2.45) is 17.8 Å². The second-order valence-corrected chi connectivity index (χ2v) is 9.33. The molecule has 3 fully saturated rings. The highest BCUT2D eigenvalue weighted by molar-refractivity contribution is 6.31. The molecule has 0 radical (unpaired) electrons. The molecule has 3 aliphatic rings. The van der Waals surface area contributed by atoms with Gasteiger partial charge in [-0.3, -0.25) is 0 Å². The maximum atomic E-state index is 14.6. The van der Waals surface area contributed by atoms with E-state index in [0.29, 0.717) is 23.1 Å². The van der Waals surface area contributed by atoms with Gasteiger partial charge in [-0.1, -0.05) is 42.7 Å². The predicted molar refractivity (Wildman–Crippen MR) is 110 cm³/mol. The van der Waals surface area contributed by atoms with Crippen molar-refractivity contribution in [3.8, 4) is 0 Å². The molecule has 1 unspecified atom stereocenters. The molecule has 1 nitrogen and oxygen atoms in total. The number of benzene rings is 1. The number of allylic oxidation sites excluding steroid dienone is 1. The highest BCUT2D eigenvalue weighted by atomic mass is 35.5. The van der Waals surface area contributed by atoms with E-state index in [0.717, 1.165) is 36.2 Å². The molecule has 4 rings (SSSR count). The maximum absolute atomic E-state index is 14.6. The molecule has 1 atom stereocenters. The Kier molecular flexibility index (Phi) is 6.24. The minimum atomic E-state index is -0.253. The number of halogens is 2. The van der Waals surface area contributed by atoms with Crippen molar-refractivity contribution in [1.29, 1.82) is 0 Å². The highest BCUT2D eigenvalue weighted by Gasteiger charge is 2.34. The van der Waals surface area contributed by atoms with Gasteiger partial charge in [-0.25, -0.2) is 4.39 Å². The van der Waals surface area contributed by atoms with Crippen LogP contribution in [0.2, 0.25) is 5.02 Å². The predicted octanol–water partition coefficient (Wildman–Crippen LogP) is 7.60. The smallest absolute Gasteiger partial charge is 0.147 e. The molecule has 148 valence electrons. The Hall–Kier alpha value is -0.860. The molecule has 1 aromatic rings. The lowest BCUT2D eigenvalue weighted by Gasteiger charge is -2.38. The van der Waals surface area contributed by atoms with Gasteiger partial charge in [0.05, 0.1) is 11.6 Å². The van der Waals surface area contributed by atoms with Crippen LogP contribution in [0.4, 0.5) is 4.39 Å². The van der Waals surface area contributed by atoms with Gasteiger partial charge in [0, 0.05) is 5.56 Å². The summed E-state index contributed by atoms with van der Waals surface area (Å²) in [5, 5.41) is 0.342. The van der Waals surface area contributed by atoms with Crippen molar-refractivity contribution in [1.82, 2.24) is 0 Å². The van der Waals surface area contributed by atoms with Gasteiger partial charge in [0.2, 0.25) is 0 Å². The number of hydrogen-bond donors (Lipinski definition) is 0. The van der Waals surface area contributed by atoms with Crippen molar-refractivity contribution in [3.63, 3.8) is 0 Å². The molecule has 1 aliphatic heterocycles. The van der Waals surface area contributed by atoms with Crippen molar-refractivity contribution >= 4 is 11.6 Å². The Bertz CT molecular complexity index is 653. The molecule has 27 heavy (non-hydrogen) atoms. The summed E-state index contributed by atoms with van der Waals surface area (Å²) in [6.07, 6.45) is 15.0. The van der Waals surface area contributed by atoms with Crippen LogP contribution in [0.15, 0.2) is 24.8 Å². The van der Waals surface area contributed by atoms with Gasteiger partial charge in [0.25, 0.3) is 0 Å². The van der Waals surface area contributed by atoms with Gasteiger partial charge in [-0.15, -0.1) is 6.58 Å². The molecule has 0 spiro atoms. The van der Waals surface area contributed by atoms with E-state index in [1.165, 1.54) is 51.4 Å². The largest absolute Gasteiger partial charge is 0.368 e. The molecule has 1 heterocycles. The molecule has 0 N–H and O–H groups in total. The average molecular weight is 391 g/mol. The first-order valence-electron chi connectivity index (χ1n) is 10.9. The topological polar surface area (TPSA) is 12.5 Å². The van der Waals surface area contributed by atoms with Gasteiger partial charge in [0.15, 0.2) is 0 Å². The molecule has 1 aromatic carbocycles. The van der Waals surface area contributed by atoms with Gasteiger partial charge in [-0.05, 0) is 80.6 Å². The fourth-order valence-corrected chi connectivity index (χ4v) is 5.90. The second-order valence-electron chi connectivity index (χ2n) is 8.95. The van der Waals surface area contributed by atoms with E-state index in [9.17, 15) is 4.39 Å². The minimum Gasteiger partial charge on any atom is -0.368 e. The van der Waals surface area contributed by atoms with E-state index >= 15 is 0 Å². The monoisotopic (exact) mass is 390 g/mol. The molecule has 0 bridgehead atoms. The van der Waals surface area contributed by atoms with Crippen LogP contribution in [0.25, 0.3) is 0 Å². The van der Waals surface area contributed by atoms with E-state index in [4.69, 9.17) is 16.3 Å². The van der Waals surface area contributed by atoms with Crippen LogP contribution in [0.5, 0.6) is 0 Å². The summed E-state index contributed by atoms with van der Waals surface area (Å²) >= 11 is 6.41. The molecule has 0 aromatic heterocycles. The molecule has 1 saturated heterocycles. The average Bonchev–Trinajstić information content (AvgIpc) is 3.54. The van der Waals surface area contributed by atoms with Crippen molar-refractivity contribution in [3.05, 3.63) is 46.8 Å². The Balaban J connectivity index is 1.31. The van der Waals surface area contributed by atoms with Gasteiger partial charge in [0.1, 0.15) is 11.9 Å². The fraction of sp³-hybridized carbons (Fsp3) is 0.667. The number of rotatable bonds is 6. The molecule has 2 saturated carbocycles. The van der Waals surface area contributed by atoms with E-state index in [2.05, 4.69) is 18.7 Å². The van der Waals surface area contributed by atoms with Crippen LogP contribution in [0.1, 0.15) is 87.4 Å². The molecule has 2 aliphatic carbocycles. The van der Waals surface area contributed by atoms with Crippen LogP contribution in [0.3, 0.4) is 0 Å². The molecule has 3 heteroatoms. The normalized spacial score (nSPS) is 33.6. The van der Waals surface area contributed by atoms with E-state index in [1.54, 1.807) is 0 Å². The van der Waals surface area contributed by atoms with Crippen molar-refractivity contribution in [2.75, 3.05) is 6.61 Å². The SMILES string of the molecule is C=CCCC1CCC(C2CCC(c3ccc(C4CO4)c(F)c3Cl)CC2)CC1. The summed E-state index contributed by atoms with van der Waals surface area (Å²) in [4.78, 5) is 0. The number of ether oxygens (including phenoxy) is 1. The zero-order valence-electron chi connectivity index (χ0n) is 16.3. The summed E-state index contributed by atoms with van der Waals surface area (Å²) < 4.78 is 19.8. The molecular weight excluding hydrogens is 359 g/mol. The first-order valence-corrected chi connectivity index (χ1v) is 11.3. The highest BCUT2D eigenvalue weighted by Crippen LogP contribution is 2.46. The van der Waals surface area contributed by atoms with Crippen LogP contribution in [-0.4, -0.2) is 6.61 Å². The Morgan fingerprint density at radius 2 is 1.59 bits per heavy atom. The fourth-order valence-electron chi connectivity index (χ4n) is 5.57. The third-order valence-electron chi connectivity index (χ3n) is 7.37. The van der Waals surface area contributed by atoms with Gasteiger partial charge < -0.3 is 4.74 Å². The van der Waals surface area contributed by atoms with Crippen molar-refractivity contribution in [2.45, 2.75) is 76.2 Å². The van der Waals surface area contributed by atoms with E-state index in [-0.39, 0.29) is 11.9 Å². The summed E-state index contributed by atoms with van der Waals surface area (Å²) in [5.41, 5.74) is 1.65. The summed E-state index contributed by atoms with van der Waals surface area (Å²) in [7, 11) is 0. The number of hydrogen-bond acceptors (Lipinski definition) is 1. The van der Waals surface area contributed by atoms with Crippen LogP contribution in [-0.2, 0) is 4.74 Å². The van der Waals surface area contributed by atoms with Crippen LogP contribution in [0, 0.1) is 23.6 Å². The van der Waals surface area contributed by atoms with Gasteiger partial charge >= 0.3 is 0 Å². The Labute approximate surface area is 168 Å². The minimum absolute atomic E-state index is 0.0751. The lowest BCUT2D eigenvalue weighted by Crippen LogP contribution is -2.25. The standard InChI is InChI=1S/C24H32ClFO/c1-2-3-4-16-5-7-17(8-6-16)18-9-11-19(12-10-18)20-13-14-21(22-15-27-22)24(26)23(20)25/h2,13-14,16-19,22H,1,3-12,15H2. The second kappa shape index (κ2) is 8.66. The summed E-state index contributed by atoms with van der Waals surface area (Å²) in [5.74, 6) is 2.86. The van der Waals surface area contributed by atoms with E-state index in [1.807, 2.05) is 6.07 Å². The lowest BCUT2D eigenvalue weighted by molar-refractivity contribution is 0.157. The van der Waals surface area contributed by atoms with Gasteiger partial charge in [-0.2, -0.15) is 0 Å². The van der Waals surface area contributed by atoms with Crippen LogP contribution >= 0.6 is 11.6 Å². The zero-order valence-corrected chi connectivity index (χ0v) is 17.0.